The SMILES string of the molecule is COc1cc(C=CC(=O)OC2C(O)C(CO)OC(OC3C(Oc4c(-c5ccc(O)c(O)c5)oc5cc(OC6OC(C)C(O)C(O)C6O)cc(O)c5c4=O)OCC(O)C3O)C2O)ccc1O. The smallest absolute Gasteiger partial charge is 0.331 e. The van der Waals surface area contributed by atoms with Crippen LogP contribution >= 0.6 is 0 Å². The number of phenolic OH excluding ortho intramolecular Hbond substituents is 4. The average molecular weight is 919 g/mol. The standard InChI is InChI=1S/C42H46O23/c1-15-29(50)33(54)34(55)40(59-15)60-18-11-22(47)28-25(12-18)61-36(17-5-7-19(44)21(46)10-17)38(32(28)53)64-42-39(30(51)23(48)14-58-42)65-41-35(56)37(31(52)26(13-43)62-41)63-27(49)8-4-16-3-6-20(45)24(9-16)57-2/h3-12,15,23,26,29-31,33-35,37,39-48,50-52,54-56H,13-14H2,1-2H3. The highest BCUT2D eigenvalue weighted by Crippen LogP contribution is 2.41. The summed E-state index contributed by atoms with van der Waals surface area (Å²) in [7, 11) is 1.32. The van der Waals surface area contributed by atoms with Crippen molar-refractivity contribution in [2.24, 2.45) is 0 Å². The molecule has 0 radical (unpaired) electrons. The number of fused-ring (bicyclic) bond motifs is 1. The molecule has 7 rings (SSSR count). The molecule has 1 aromatic heterocycles. The molecule has 3 aromatic carbocycles. The second-order valence-corrected chi connectivity index (χ2v) is 15.3. The summed E-state index contributed by atoms with van der Waals surface area (Å²) in [5, 5.41) is 126. The van der Waals surface area contributed by atoms with Crippen LogP contribution in [0.3, 0.4) is 0 Å². The Morgan fingerprint density at radius 1 is 0.754 bits per heavy atom. The van der Waals surface area contributed by atoms with Gasteiger partial charge in [0.05, 0.1) is 26.4 Å². The highest BCUT2D eigenvalue weighted by molar-refractivity contribution is 5.89. The van der Waals surface area contributed by atoms with E-state index in [4.69, 9.17) is 42.3 Å². The lowest BCUT2D eigenvalue weighted by atomic mass is 9.98. The molecular formula is C42H46O23. The summed E-state index contributed by atoms with van der Waals surface area (Å²) in [6.07, 6.45) is -22.1. The zero-order valence-corrected chi connectivity index (χ0v) is 34.1. The molecule has 352 valence electrons. The van der Waals surface area contributed by atoms with E-state index in [2.05, 4.69) is 0 Å². The van der Waals surface area contributed by atoms with Gasteiger partial charge >= 0.3 is 5.97 Å². The molecule has 23 nitrogen and oxygen atoms in total. The quantitative estimate of drug-likeness (QED) is 0.0433. The highest BCUT2D eigenvalue weighted by atomic mass is 16.8. The highest BCUT2D eigenvalue weighted by Gasteiger charge is 2.51. The number of ether oxygens (including phenoxy) is 8. The van der Waals surface area contributed by atoms with Crippen LogP contribution < -0.4 is 19.6 Å². The van der Waals surface area contributed by atoms with Crippen LogP contribution in [0.5, 0.6) is 40.2 Å². The number of phenols is 4. The molecule has 3 saturated heterocycles. The van der Waals surface area contributed by atoms with Gasteiger partial charge in [-0.3, -0.25) is 4.79 Å². The third kappa shape index (κ3) is 9.62. The lowest BCUT2D eigenvalue weighted by Gasteiger charge is -2.44. The van der Waals surface area contributed by atoms with E-state index in [1.54, 1.807) is 0 Å². The third-order valence-corrected chi connectivity index (χ3v) is 10.8. The van der Waals surface area contributed by atoms with Crippen molar-refractivity contribution in [1.29, 1.82) is 0 Å². The van der Waals surface area contributed by atoms with Crippen LogP contribution in [0.2, 0.25) is 0 Å². The zero-order valence-electron chi connectivity index (χ0n) is 34.1. The van der Waals surface area contributed by atoms with Gasteiger partial charge in [0, 0.05) is 23.8 Å². The van der Waals surface area contributed by atoms with Gasteiger partial charge in [0.25, 0.3) is 0 Å². The van der Waals surface area contributed by atoms with E-state index in [0.29, 0.717) is 5.56 Å². The zero-order chi connectivity index (χ0) is 47.0. The van der Waals surface area contributed by atoms with Crippen LogP contribution in [0.15, 0.2) is 63.8 Å². The number of aliphatic hydroxyl groups excluding tert-OH is 8. The van der Waals surface area contributed by atoms with E-state index in [1.807, 2.05) is 0 Å². The number of rotatable bonds is 12. The van der Waals surface area contributed by atoms with Gasteiger partial charge in [-0.15, -0.1) is 0 Å². The fourth-order valence-electron chi connectivity index (χ4n) is 7.26. The number of methoxy groups -OCH3 is 1. The predicted octanol–water partition coefficient (Wildman–Crippen LogP) is -1.60. The first-order chi connectivity index (χ1) is 30.9. The molecule has 3 fully saturated rings. The fourth-order valence-corrected chi connectivity index (χ4v) is 7.26. The molecule has 3 aliphatic rings. The van der Waals surface area contributed by atoms with Crippen LogP contribution in [-0.4, -0.2) is 174 Å². The molecule has 0 spiro atoms. The third-order valence-electron chi connectivity index (χ3n) is 10.8. The second-order valence-electron chi connectivity index (χ2n) is 15.3. The van der Waals surface area contributed by atoms with Crippen molar-refractivity contribution in [3.63, 3.8) is 0 Å². The molecule has 3 aliphatic heterocycles. The van der Waals surface area contributed by atoms with Gasteiger partial charge in [0.2, 0.25) is 23.8 Å². The molecule has 0 saturated carbocycles. The van der Waals surface area contributed by atoms with Gasteiger partial charge in [0.15, 0.2) is 47.3 Å². The van der Waals surface area contributed by atoms with Crippen molar-refractivity contribution in [3.05, 3.63) is 70.4 Å². The molecule has 0 amide bonds. The normalized spacial score (nSPS) is 31.7. The lowest BCUT2D eigenvalue weighted by Crippen LogP contribution is -2.64. The number of esters is 1. The molecule has 14 atom stereocenters. The number of aliphatic hydroxyl groups is 8. The lowest BCUT2D eigenvalue weighted by molar-refractivity contribution is -0.349. The molecular weight excluding hydrogens is 872 g/mol. The van der Waals surface area contributed by atoms with E-state index >= 15 is 0 Å². The molecule has 23 heteroatoms. The van der Waals surface area contributed by atoms with Crippen molar-refractivity contribution in [2.45, 2.75) is 92.9 Å². The first kappa shape index (κ1) is 47.2. The van der Waals surface area contributed by atoms with Gasteiger partial charge in [-0.05, 0) is 48.9 Å². The summed E-state index contributed by atoms with van der Waals surface area (Å²) in [5.41, 5.74) is -1.25. The van der Waals surface area contributed by atoms with Crippen molar-refractivity contribution in [3.8, 4) is 51.6 Å². The van der Waals surface area contributed by atoms with Gasteiger partial charge in [-0.2, -0.15) is 0 Å². The molecule has 0 aliphatic carbocycles. The minimum Gasteiger partial charge on any atom is -0.507 e. The molecule has 4 aromatic rings. The van der Waals surface area contributed by atoms with Gasteiger partial charge in [-0.1, -0.05) is 6.07 Å². The van der Waals surface area contributed by atoms with Crippen LogP contribution in [0, 0.1) is 0 Å². The monoisotopic (exact) mass is 918 g/mol. The van der Waals surface area contributed by atoms with E-state index in [9.17, 15) is 70.9 Å². The van der Waals surface area contributed by atoms with E-state index in [0.717, 1.165) is 30.3 Å². The Kier molecular flexibility index (Phi) is 14.0. The van der Waals surface area contributed by atoms with E-state index in [1.165, 1.54) is 44.4 Å². The topological polar surface area (TPSA) is 364 Å². The van der Waals surface area contributed by atoms with E-state index < -0.39 is 150 Å². The minimum atomic E-state index is -2.07. The fraction of sp³-hybridized carbons (Fsp3) is 0.429. The van der Waals surface area contributed by atoms with Gasteiger partial charge < -0.3 is 104 Å². The number of aromatic hydroxyl groups is 4. The van der Waals surface area contributed by atoms with Crippen molar-refractivity contribution in [1.82, 2.24) is 0 Å². The van der Waals surface area contributed by atoms with Crippen molar-refractivity contribution < 1.29 is 108 Å². The summed E-state index contributed by atoms with van der Waals surface area (Å²) in [6.45, 7) is -0.142. The summed E-state index contributed by atoms with van der Waals surface area (Å²) in [5.74, 6) is -4.73. The van der Waals surface area contributed by atoms with Crippen LogP contribution in [0.4, 0.5) is 0 Å². The second kappa shape index (κ2) is 19.4. The largest absolute Gasteiger partial charge is 0.507 e. The summed E-state index contributed by atoms with van der Waals surface area (Å²) in [4.78, 5) is 27.3. The van der Waals surface area contributed by atoms with Crippen LogP contribution in [-0.2, 0) is 28.5 Å². The maximum absolute atomic E-state index is 14.4. The van der Waals surface area contributed by atoms with Crippen molar-refractivity contribution >= 4 is 23.0 Å². The maximum atomic E-state index is 14.4. The molecule has 12 N–H and O–H groups in total. The minimum absolute atomic E-state index is 0.103. The number of hydrogen-bond acceptors (Lipinski definition) is 23. The summed E-state index contributed by atoms with van der Waals surface area (Å²) < 4.78 is 50.7. The molecule has 0 bridgehead atoms. The molecule has 65 heavy (non-hydrogen) atoms. The van der Waals surface area contributed by atoms with Crippen LogP contribution in [0.25, 0.3) is 28.4 Å². The Morgan fingerprint density at radius 2 is 1.49 bits per heavy atom. The number of hydrogen-bond donors (Lipinski definition) is 12. The molecule has 4 heterocycles. The summed E-state index contributed by atoms with van der Waals surface area (Å²) >= 11 is 0. The van der Waals surface area contributed by atoms with Crippen LogP contribution in [0.1, 0.15) is 12.5 Å². The average Bonchev–Trinajstić information content (AvgIpc) is 3.27. The van der Waals surface area contributed by atoms with Gasteiger partial charge in [0.1, 0.15) is 71.3 Å². The Bertz CT molecular complexity index is 2440. The Labute approximate surface area is 366 Å². The Balaban J connectivity index is 1.20. The maximum Gasteiger partial charge on any atom is 0.331 e. The van der Waals surface area contributed by atoms with Crippen molar-refractivity contribution in [2.75, 3.05) is 20.3 Å². The first-order valence-corrected chi connectivity index (χ1v) is 19.8. The number of carbonyl (C=O) groups is 1. The predicted molar refractivity (Wildman–Crippen MR) is 214 cm³/mol. The first-order valence-electron chi connectivity index (χ1n) is 19.8. The Hall–Kier alpha value is -5.80. The Morgan fingerprint density at radius 3 is 2.20 bits per heavy atom. The molecule has 14 unspecified atom stereocenters. The van der Waals surface area contributed by atoms with E-state index in [-0.39, 0.29) is 22.8 Å². The summed E-state index contributed by atoms with van der Waals surface area (Å²) in [6, 6.07) is 9.42. The number of benzene rings is 3. The van der Waals surface area contributed by atoms with Gasteiger partial charge in [-0.25, -0.2) is 4.79 Å². The number of carbonyl (C=O) groups excluding carboxylic acids is 1.